The summed E-state index contributed by atoms with van der Waals surface area (Å²) in [6, 6.07) is 4.10. The van der Waals surface area contributed by atoms with E-state index in [9.17, 15) is 4.39 Å². The van der Waals surface area contributed by atoms with Crippen LogP contribution in [0, 0.1) is 5.82 Å². The lowest BCUT2D eigenvalue weighted by Gasteiger charge is -2.07. The Bertz CT molecular complexity index is 547. The highest BCUT2D eigenvalue weighted by Gasteiger charge is 2.04. The molecule has 0 bridgehead atoms. The largest absolute Gasteiger partial charge is 0.492 e. The molecule has 0 N–H and O–H groups in total. The highest BCUT2D eigenvalue weighted by Crippen LogP contribution is 2.25. The maximum absolute atomic E-state index is 12.8. The van der Waals surface area contributed by atoms with E-state index in [1.54, 1.807) is 11.3 Å². The molecule has 0 fully saturated rings. The second-order valence-electron chi connectivity index (χ2n) is 3.89. The first-order valence-corrected chi connectivity index (χ1v) is 7.55. The maximum atomic E-state index is 12.8. The van der Waals surface area contributed by atoms with E-state index in [4.69, 9.17) is 27.9 Å². The van der Waals surface area contributed by atoms with Crippen molar-refractivity contribution in [1.82, 2.24) is 4.98 Å². The Morgan fingerprint density at radius 1 is 1.37 bits per heavy atom. The fourth-order valence-corrected chi connectivity index (χ4v) is 2.81. The summed E-state index contributed by atoms with van der Waals surface area (Å²) in [5, 5.41) is 3.29. The Morgan fingerprint density at radius 3 is 2.89 bits per heavy atom. The summed E-state index contributed by atoms with van der Waals surface area (Å²) in [6.07, 6.45) is 1.66. The third-order valence-electron chi connectivity index (χ3n) is 2.42. The molecule has 0 spiro atoms. The van der Waals surface area contributed by atoms with Crippen LogP contribution in [0.1, 0.15) is 17.1 Å². The van der Waals surface area contributed by atoms with Crippen molar-refractivity contribution in [2.45, 2.75) is 18.7 Å². The number of thiazole rings is 1. The van der Waals surface area contributed by atoms with Crippen LogP contribution < -0.4 is 4.74 Å². The van der Waals surface area contributed by atoms with Crippen LogP contribution in [0.15, 0.2) is 23.6 Å². The summed E-state index contributed by atoms with van der Waals surface area (Å²) in [4.78, 5) is 4.36. The molecule has 0 radical (unpaired) electrons. The Labute approximate surface area is 125 Å². The molecule has 0 unspecified atom stereocenters. The standard InChI is InChI=1S/C13H12Cl2FNOS/c14-7-10-8-19-13(17-10)2-1-5-18-12-4-3-9(16)6-11(12)15/h3-4,6,8H,1-2,5,7H2. The van der Waals surface area contributed by atoms with Crippen LogP contribution >= 0.6 is 34.5 Å². The van der Waals surface area contributed by atoms with Crippen LogP contribution in [0.25, 0.3) is 0 Å². The Balaban J connectivity index is 1.77. The molecule has 2 rings (SSSR count). The second-order valence-corrected chi connectivity index (χ2v) is 5.51. The quantitative estimate of drug-likeness (QED) is 0.569. The summed E-state index contributed by atoms with van der Waals surface area (Å²) in [6.45, 7) is 0.515. The van der Waals surface area contributed by atoms with Gasteiger partial charge >= 0.3 is 0 Å². The van der Waals surface area contributed by atoms with Crippen molar-refractivity contribution in [3.8, 4) is 5.75 Å². The summed E-state index contributed by atoms with van der Waals surface area (Å²) in [5.74, 6) is 0.579. The van der Waals surface area contributed by atoms with Crippen molar-refractivity contribution in [3.63, 3.8) is 0 Å². The number of aryl methyl sites for hydroxylation is 1. The molecule has 0 amide bonds. The van der Waals surface area contributed by atoms with Crippen molar-refractivity contribution in [3.05, 3.63) is 45.1 Å². The molecule has 0 aliphatic heterocycles. The predicted octanol–water partition coefficient (Wildman–Crippen LogP) is 4.69. The number of halogens is 3. The zero-order valence-electron chi connectivity index (χ0n) is 10.0. The SMILES string of the molecule is Fc1ccc(OCCCc2nc(CCl)cs2)c(Cl)c1. The molecule has 0 aliphatic carbocycles. The van der Waals surface area contributed by atoms with E-state index in [0.717, 1.165) is 23.5 Å². The lowest BCUT2D eigenvalue weighted by molar-refractivity contribution is 0.310. The van der Waals surface area contributed by atoms with E-state index in [0.29, 0.717) is 23.3 Å². The third kappa shape index (κ3) is 4.34. The molecule has 1 heterocycles. The smallest absolute Gasteiger partial charge is 0.138 e. The molecular weight excluding hydrogens is 308 g/mol. The first-order valence-electron chi connectivity index (χ1n) is 5.76. The molecule has 2 aromatic rings. The highest BCUT2D eigenvalue weighted by atomic mass is 35.5. The Morgan fingerprint density at radius 2 is 2.21 bits per heavy atom. The van der Waals surface area contributed by atoms with Crippen molar-refractivity contribution < 1.29 is 9.13 Å². The fourth-order valence-electron chi connectivity index (χ4n) is 1.52. The summed E-state index contributed by atoms with van der Waals surface area (Å²) >= 11 is 13.1. The van der Waals surface area contributed by atoms with Gasteiger partial charge in [-0.2, -0.15) is 0 Å². The van der Waals surface area contributed by atoms with Gasteiger partial charge in [0, 0.05) is 11.8 Å². The van der Waals surface area contributed by atoms with E-state index in [-0.39, 0.29) is 5.82 Å². The number of nitrogens with zero attached hydrogens (tertiary/aromatic N) is 1. The first kappa shape index (κ1) is 14.6. The summed E-state index contributed by atoms with van der Waals surface area (Å²) in [5.41, 5.74) is 0.907. The number of rotatable bonds is 6. The minimum Gasteiger partial charge on any atom is -0.492 e. The van der Waals surface area contributed by atoms with Gasteiger partial charge in [0.15, 0.2) is 0 Å². The van der Waals surface area contributed by atoms with Crippen LogP contribution in [-0.4, -0.2) is 11.6 Å². The molecule has 19 heavy (non-hydrogen) atoms. The molecule has 0 aliphatic rings. The number of hydrogen-bond donors (Lipinski definition) is 0. The number of hydrogen-bond acceptors (Lipinski definition) is 3. The zero-order valence-corrected chi connectivity index (χ0v) is 12.4. The third-order valence-corrected chi connectivity index (χ3v) is 3.95. The molecular formula is C13H12Cl2FNOS. The lowest BCUT2D eigenvalue weighted by Crippen LogP contribution is -2.00. The van der Waals surface area contributed by atoms with Gasteiger partial charge in [0.05, 0.1) is 28.2 Å². The van der Waals surface area contributed by atoms with E-state index in [2.05, 4.69) is 4.98 Å². The topological polar surface area (TPSA) is 22.1 Å². The van der Waals surface area contributed by atoms with Gasteiger partial charge in [0.2, 0.25) is 0 Å². The molecule has 6 heteroatoms. The van der Waals surface area contributed by atoms with Crippen molar-refractivity contribution in [2.24, 2.45) is 0 Å². The van der Waals surface area contributed by atoms with Gasteiger partial charge in [-0.25, -0.2) is 9.37 Å². The van der Waals surface area contributed by atoms with Gasteiger partial charge in [0.25, 0.3) is 0 Å². The first-order chi connectivity index (χ1) is 9.19. The van der Waals surface area contributed by atoms with E-state index in [1.807, 2.05) is 5.38 Å². The zero-order chi connectivity index (χ0) is 13.7. The fraction of sp³-hybridized carbons (Fsp3) is 0.308. The van der Waals surface area contributed by atoms with E-state index in [1.165, 1.54) is 18.2 Å². The minimum absolute atomic E-state index is 0.290. The molecule has 0 atom stereocenters. The molecule has 102 valence electrons. The van der Waals surface area contributed by atoms with Crippen LogP contribution in [0.5, 0.6) is 5.75 Å². The number of aromatic nitrogens is 1. The van der Waals surface area contributed by atoms with E-state index >= 15 is 0 Å². The normalized spacial score (nSPS) is 10.7. The van der Waals surface area contributed by atoms with Crippen molar-refractivity contribution in [2.75, 3.05) is 6.61 Å². The average molecular weight is 320 g/mol. The van der Waals surface area contributed by atoms with Crippen LogP contribution in [-0.2, 0) is 12.3 Å². The Hall–Kier alpha value is -0.840. The van der Waals surface area contributed by atoms with Crippen molar-refractivity contribution in [1.29, 1.82) is 0 Å². The van der Waals surface area contributed by atoms with Crippen LogP contribution in [0.3, 0.4) is 0 Å². The average Bonchev–Trinajstić information content (AvgIpc) is 2.84. The Kier molecular flexibility index (Phi) is 5.43. The minimum atomic E-state index is -0.367. The number of alkyl halides is 1. The monoisotopic (exact) mass is 319 g/mol. The molecule has 0 saturated heterocycles. The number of benzene rings is 1. The maximum Gasteiger partial charge on any atom is 0.138 e. The van der Waals surface area contributed by atoms with Gasteiger partial charge in [-0.1, -0.05) is 11.6 Å². The summed E-state index contributed by atoms with van der Waals surface area (Å²) in [7, 11) is 0. The summed E-state index contributed by atoms with van der Waals surface area (Å²) < 4.78 is 18.3. The van der Waals surface area contributed by atoms with E-state index < -0.39 is 0 Å². The van der Waals surface area contributed by atoms with Gasteiger partial charge in [-0.15, -0.1) is 22.9 Å². The van der Waals surface area contributed by atoms with Crippen LogP contribution in [0.2, 0.25) is 5.02 Å². The van der Waals surface area contributed by atoms with Gasteiger partial charge < -0.3 is 4.74 Å². The van der Waals surface area contributed by atoms with Crippen LogP contribution in [0.4, 0.5) is 4.39 Å². The molecule has 1 aromatic heterocycles. The van der Waals surface area contributed by atoms with Gasteiger partial charge in [-0.05, 0) is 24.6 Å². The van der Waals surface area contributed by atoms with Gasteiger partial charge in [-0.3, -0.25) is 0 Å². The molecule has 1 aromatic carbocycles. The molecule has 0 saturated carbocycles. The number of ether oxygens (including phenoxy) is 1. The van der Waals surface area contributed by atoms with Gasteiger partial charge in [0.1, 0.15) is 11.6 Å². The molecule has 2 nitrogen and oxygen atoms in total. The van der Waals surface area contributed by atoms with Crippen molar-refractivity contribution >= 4 is 34.5 Å². The highest BCUT2D eigenvalue weighted by molar-refractivity contribution is 7.09. The lowest BCUT2D eigenvalue weighted by atomic mass is 10.3. The predicted molar refractivity (Wildman–Crippen MR) is 76.9 cm³/mol. The second kappa shape index (κ2) is 7.08.